The first-order chi connectivity index (χ1) is 14.7. The monoisotopic (exact) mass is 413 g/mol. The van der Waals surface area contributed by atoms with Crippen molar-refractivity contribution in [2.24, 2.45) is 11.8 Å². The van der Waals surface area contributed by atoms with E-state index in [1.807, 2.05) is 29.8 Å². The van der Waals surface area contributed by atoms with E-state index in [0.29, 0.717) is 19.1 Å². The molecule has 1 aliphatic carbocycles. The lowest BCUT2D eigenvalue weighted by Crippen LogP contribution is -2.27. The van der Waals surface area contributed by atoms with Gasteiger partial charge in [-0.1, -0.05) is 6.42 Å². The molecule has 7 nitrogen and oxygen atoms in total. The molecular formula is C23H31N3O4. The summed E-state index contributed by atoms with van der Waals surface area (Å²) in [7, 11) is 0. The van der Waals surface area contributed by atoms with Crippen LogP contribution in [0.2, 0.25) is 0 Å². The number of carbonyl (C=O) groups excluding carboxylic acids is 1. The van der Waals surface area contributed by atoms with Gasteiger partial charge in [-0.25, -0.2) is 4.68 Å². The van der Waals surface area contributed by atoms with Gasteiger partial charge in [-0.2, -0.15) is 5.10 Å². The molecule has 2 aromatic rings. The number of aromatic nitrogens is 3. The summed E-state index contributed by atoms with van der Waals surface area (Å²) in [5.41, 5.74) is 1.81. The summed E-state index contributed by atoms with van der Waals surface area (Å²) < 4.78 is 19.0. The molecule has 0 bridgehead atoms. The molecule has 0 N–H and O–H groups in total. The number of nitrogens with zero attached hydrogens (tertiary/aromatic N) is 3. The Morgan fingerprint density at radius 3 is 2.90 bits per heavy atom. The average molecular weight is 414 g/mol. The number of rotatable bonds is 7. The highest BCUT2D eigenvalue weighted by Crippen LogP contribution is 2.31. The molecule has 0 amide bonds. The van der Waals surface area contributed by atoms with Crippen molar-refractivity contribution in [1.82, 2.24) is 14.8 Å². The van der Waals surface area contributed by atoms with Gasteiger partial charge in [0.25, 0.3) is 0 Å². The zero-order chi connectivity index (χ0) is 20.8. The number of pyridine rings is 1. The zero-order valence-corrected chi connectivity index (χ0v) is 17.7. The molecule has 2 fully saturated rings. The van der Waals surface area contributed by atoms with Gasteiger partial charge in [-0.15, -0.1) is 0 Å². The van der Waals surface area contributed by atoms with Gasteiger partial charge in [-0.3, -0.25) is 9.78 Å². The largest absolute Gasteiger partial charge is 0.492 e. The minimum absolute atomic E-state index is 0.00935. The summed E-state index contributed by atoms with van der Waals surface area (Å²) in [5, 5.41) is 4.45. The Bertz CT molecular complexity index is 814. The lowest BCUT2D eigenvalue weighted by atomic mass is 9.82. The van der Waals surface area contributed by atoms with Crippen LogP contribution >= 0.6 is 0 Å². The van der Waals surface area contributed by atoms with E-state index in [1.165, 1.54) is 0 Å². The Labute approximate surface area is 177 Å². The van der Waals surface area contributed by atoms with Crippen molar-refractivity contribution in [3.63, 3.8) is 0 Å². The van der Waals surface area contributed by atoms with Gasteiger partial charge in [0.1, 0.15) is 5.75 Å². The first-order valence-corrected chi connectivity index (χ1v) is 11.2. The van der Waals surface area contributed by atoms with Crippen molar-refractivity contribution in [2.45, 2.75) is 58.1 Å². The van der Waals surface area contributed by atoms with Crippen LogP contribution in [0.5, 0.6) is 5.75 Å². The van der Waals surface area contributed by atoms with Gasteiger partial charge in [0.05, 0.1) is 36.7 Å². The second kappa shape index (κ2) is 10.1. The Morgan fingerprint density at radius 2 is 2.13 bits per heavy atom. The van der Waals surface area contributed by atoms with Crippen molar-refractivity contribution in [1.29, 1.82) is 0 Å². The number of carbonyl (C=O) groups is 1. The average Bonchev–Trinajstić information content (AvgIpc) is 3.29. The Hall–Kier alpha value is -2.41. The highest BCUT2D eigenvalue weighted by Gasteiger charge is 2.28. The molecule has 3 atom stereocenters. The van der Waals surface area contributed by atoms with E-state index in [0.717, 1.165) is 68.7 Å². The van der Waals surface area contributed by atoms with Gasteiger partial charge in [0.2, 0.25) is 0 Å². The molecule has 1 saturated carbocycles. The molecule has 0 radical (unpaired) electrons. The van der Waals surface area contributed by atoms with Crippen molar-refractivity contribution in [2.75, 3.05) is 19.8 Å². The van der Waals surface area contributed by atoms with Gasteiger partial charge >= 0.3 is 5.97 Å². The van der Waals surface area contributed by atoms with E-state index in [-0.39, 0.29) is 18.1 Å². The molecule has 30 heavy (non-hydrogen) atoms. The van der Waals surface area contributed by atoms with E-state index in [1.54, 1.807) is 12.4 Å². The van der Waals surface area contributed by atoms with Gasteiger partial charge in [0, 0.05) is 12.8 Å². The van der Waals surface area contributed by atoms with Crippen LogP contribution in [-0.2, 0) is 14.3 Å². The molecule has 3 heterocycles. The van der Waals surface area contributed by atoms with E-state index in [4.69, 9.17) is 14.2 Å². The molecule has 0 aromatic carbocycles. The SMILES string of the molecule is CCOC(=O)C1CCCC(COc2ccc(-c3ccnn3C3CCCCO3)nc2)C1. The number of ether oxygens (including phenoxy) is 3. The summed E-state index contributed by atoms with van der Waals surface area (Å²) >= 11 is 0. The van der Waals surface area contributed by atoms with Crippen LogP contribution in [0.25, 0.3) is 11.4 Å². The Kier molecular flexibility index (Phi) is 7.00. The van der Waals surface area contributed by atoms with Crippen LogP contribution < -0.4 is 4.74 Å². The highest BCUT2D eigenvalue weighted by molar-refractivity contribution is 5.72. The summed E-state index contributed by atoms with van der Waals surface area (Å²) in [5.74, 6) is 1.07. The van der Waals surface area contributed by atoms with Gasteiger partial charge in [0.15, 0.2) is 6.23 Å². The fourth-order valence-electron chi connectivity index (χ4n) is 4.41. The molecule has 3 unspecified atom stereocenters. The summed E-state index contributed by atoms with van der Waals surface area (Å²) in [6.07, 6.45) is 10.7. The van der Waals surface area contributed by atoms with Crippen molar-refractivity contribution in [3.8, 4) is 17.1 Å². The minimum Gasteiger partial charge on any atom is -0.492 e. The molecule has 162 valence electrons. The van der Waals surface area contributed by atoms with E-state index < -0.39 is 0 Å². The highest BCUT2D eigenvalue weighted by atomic mass is 16.5. The first-order valence-electron chi connectivity index (χ1n) is 11.2. The molecule has 1 saturated heterocycles. The second-order valence-electron chi connectivity index (χ2n) is 8.15. The van der Waals surface area contributed by atoms with Gasteiger partial charge in [-0.05, 0) is 69.6 Å². The third-order valence-corrected chi connectivity index (χ3v) is 5.99. The lowest BCUT2D eigenvalue weighted by molar-refractivity contribution is -0.149. The van der Waals surface area contributed by atoms with Gasteiger partial charge < -0.3 is 14.2 Å². The third kappa shape index (κ3) is 5.01. The van der Waals surface area contributed by atoms with Crippen molar-refractivity contribution < 1.29 is 19.0 Å². The van der Waals surface area contributed by atoms with Crippen LogP contribution in [0, 0.1) is 11.8 Å². The number of hydrogen-bond donors (Lipinski definition) is 0. The predicted molar refractivity (Wildman–Crippen MR) is 112 cm³/mol. The van der Waals surface area contributed by atoms with Crippen molar-refractivity contribution >= 4 is 5.97 Å². The van der Waals surface area contributed by atoms with Crippen LogP contribution in [-0.4, -0.2) is 40.6 Å². The smallest absolute Gasteiger partial charge is 0.308 e. The quantitative estimate of drug-likeness (QED) is 0.627. The summed E-state index contributed by atoms with van der Waals surface area (Å²) in [4.78, 5) is 16.6. The molecule has 7 heteroatoms. The molecule has 2 aliphatic rings. The minimum atomic E-state index is -0.0632. The molecule has 0 spiro atoms. The molecule has 2 aromatic heterocycles. The standard InChI is InChI=1S/C23H31N3O4/c1-2-28-23(27)18-7-5-6-17(14-18)16-30-19-9-10-20(24-15-19)21-11-12-25-26(21)22-8-3-4-13-29-22/h9-12,15,17-18,22H,2-8,13-14,16H2,1H3. The topological polar surface area (TPSA) is 75.5 Å². The third-order valence-electron chi connectivity index (χ3n) is 5.99. The van der Waals surface area contributed by atoms with E-state index >= 15 is 0 Å². The fraction of sp³-hybridized carbons (Fsp3) is 0.609. The second-order valence-corrected chi connectivity index (χ2v) is 8.15. The molecular weight excluding hydrogens is 382 g/mol. The van der Waals surface area contributed by atoms with E-state index in [2.05, 4.69) is 10.1 Å². The Morgan fingerprint density at radius 1 is 1.20 bits per heavy atom. The van der Waals surface area contributed by atoms with Crippen LogP contribution in [0.15, 0.2) is 30.6 Å². The van der Waals surface area contributed by atoms with E-state index in [9.17, 15) is 4.79 Å². The summed E-state index contributed by atoms with van der Waals surface area (Å²) in [6, 6.07) is 5.89. The maximum atomic E-state index is 12.0. The fourth-order valence-corrected chi connectivity index (χ4v) is 4.41. The summed E-state index contributed by atoms with van der Waals surface area (Å²) in [6.45, 7) is 3.68. The molecule has 4 rings (SSSR count). The molecule has 1 aliphatic heterocycles. The zero-order valence-electron chi connectivity index (χ0n) is 17.7. The number of esters is 1. The maximum Gasteiger partial charge on any atom is 0.308 e. The Balaban J connectivity index is 1.33. The van der Waals surface area contributed by atoms with Crippen LogP contribution in [0.3, 0.4) is 0 Å². The normalized spacial score (nSPS) is 24.4. The van der Waals surface area contributed by atoms with Crippen LogP contribution in [0.4, 0.5) is 0 Å². The van der Waals surface area contributed by atoms with Crippen molar-refractivity contribution in [3.05, 3.63) is 30.6 Å². The number of hydrogen-bond acceptors (Lipinski definition) is 6. The first kappa shape index (κ1) is 20.8. The predicted octanol–water partition coefficient (Wildman–Crippen LogP) is 4.39. The van der Waals surface area contributed by atoms with Crippen LogP contribution in [0.1, 0.15) is 58.1 Å². The maximum absolute atomic E-state index is 12.0. The lowest BCUT2D eigenvalue weighted by Gasteiger charge is -2.27.